The fourth-order valence-corrected chi connectivity index (χ4v) is 1.72. The number of nitrogens with one attached hydrogen (secondary N) is 1. The largest absolute Gasteiger partial charge is 0.673 e. The van der Waals surface area contributed by atoms with E-state index in [1.165, 1.54) is 0 Å². The van der Waals surface area contributed by atoms with E-state index < -0.39 is 7.25 Å². The highest BCUT2D eigenvalue weighted by molar-refractivity contribution is 6.50. The van der Waals surface area contributed by atoms with Gasteiger partial charge in [-0.3, -0.25) is 0 Å². The fourth-order valence-electron chi connectivity index (χ4n) is 1.72. The first kappa shape index (κ1) is 19.5. The van der Waals surface area contributed by atoms with Crippen molar-refractivity contribution in [1.82, 2.24) is 0 Å². The van der Waals surface area contributed by atoms with E-state index in [9.17, 15) is 17.3 Å². The second-order valence-electron chi connectivity index (χ2n) is 4.78. The van der Waals surface area contributed by atoms with Gasteiger partial charge >= 0.3 is 7.25 Å². The Morgan fingerprint density at radius 3 is 2.25 bits per heavy atom. The molecule has 130 valence electrons. The lowest BCUT2D eigenvalue weighted by Gasteiger charge is -2.10. The fraction of sp³-hybridized carbons (Fsp3) is 0.267. The molecule has 4 nitrogen and oxygen atoms in total. The first-order valence-electron chi connectivity index (χ1n) is 7.28. The van der Waals surface area contributed by atoms with Crippen LogP contribution in [-0.4, -0.2) is 24.4 Å². The number of hydrogen-bond donors (Lipinski definition) is 1. The number of rotatable bonds is 5. The molecule has 0 saturated carbocycles. The predicted octanol–water partition coefficient (Wildman–Crippen LogP) is 4.70. The SMILES string of the molecule is CCCOc1ccc(NC2=CCC(=[N+]=[N-])C=C2)cc1.F[B-](F)(F)F. The molecule has 0 heterocycles. The molecule has 1 aliphatic rings. The summed E-state index contributed by atoms with van der Waals surface area (Å²) < 4.78 is 44.5. The molecule has 0 aliphatic heterocycles. The van der Waals surface area contributed by atoms with Gasteiger partial charge in [-0.1, -0.05) is 6.92 Å². The standard InChI is InChI=1S/C15H17N3O.BF4/c1-2-11-19-15-9-7-13(8-10-15)17-12-3-5-14(18-16)6-4-12;2-1(3,4)5/h3-5,7-10,17H,2,6,11H2,1H3;/q;-1. The molecule has 0 fully saturated rings. The van der Waals surface area contributed by atoms with Crippen LogP contribution in [0, 0.1) is 0 Å². The van der Waals surface area contributed by atoms with E-state index in [4.69, 9.17) is 10.3 Å². The molecule has 0 atom stereocenters. The molecule has 1 aliphatic carbocycles. The molecule has 0 radical (unpaired) electrons. The van der Waals surface area contributed by atoms with Crippen molar-refractivity contribution in [2.75, 3.05) is 11.9 Å². The first-order valence-corrected chi connectivity index (χ1v) is 7.28. The molecule has 0 amide bonds. The van der Waals surface area contributed by atoms with Crippen molar-refractivity contribution in [3.8, 4) is 5.75 Å². The van der Waals surface area contributed by atoms with Gasteiger partial charge in [-0.05, 0) is 42.8 Å². The van der Waals surface area contributed by atoms with Crippen molar-refractivity contribution in [3.63, 3.8) is 0 Å². The number of hydrogen-bond acceptors (Lipinski definition) is 2. The summed E-state index contributed by atoms with van der Waals surface area (Å²) >= 11 is 0. The topological polar surface area (TPSA) is 57.7 Å². The smallest absolute Gasteiger partial charge is 0.494 e. The summed E-state index contributed by atoms with van der Waals surface area (Å²) in [5.74, 6) is 0.885. The molecule has 0 spiro atoms. The number of halogens is 4. The quantitative estimate of drug-likeness (QED) is 0.365. The lowest BCUT2D eigenvalue weighted by molar-refractivity contribution is -0.00540. The Morgan fingerprint density at radius 2 is 1.79 bits per heavy atom. The highest BCUT2D eigenvalue weighted by atomic mass is 19.5. The second kappa shape index (κ2) is 9.57. The van der Waals surface area contributed by atoms with Gasteiger partial charge in [0.25, 0.3) is 5.71 Å². The van der Waals surface area contributed by atoms with E-state index in [0.717, 1.165) is 30.2 Å². The van der Waals surface area contributed by atoms with Crippen LogP contribution in [0.25, 0.3) is 5.53 Å². The zero-order valence-electron chi connectivity index (χ0n) is 13.1. The Hall–Kier alpha value is -2.54. The van der Waals surface area contributed by atoms with Crippen LogP contribution in [0.15, 0.2) is 48.2 Å². The van der Waals surface area contributed by atoms with Gasteiger partial charge in [-0.15, -0.1) is 0 Å². The first-order chi connectivity index (χ1) is 11.3. The van der Waals surface area contributed by atoms with Crippen molar-refractivity contribution >= 4 is 18.7 Å². The zero-order valence-corrected chi connectivity index (χ0v) is 13.1. The molecular weight excluding hydrogens is 325 g/mol. The Balaban J connectivity index is 0.000000505. The molecule has 0 bridgehead atoms. The number of anilines is 1. The summed E-state index contributed by atoms with van der Waals surface area (Å²) in [4.78, 5) is 3.17. The maximum atomic E-state index is 9.75. The van der Waals surface area contributed by atoms with E-state index in [2.05, 4.69) is 17.0 Å². The number of ether oxygens (including phenoxy) is 1. The molecular formula is C15H17BF4N3O-. The van der Waals surface area contributed by atoms with Crippen molar-refractivity contribution in [2.45, 2.75) is 19.8 Å². The third-order valence-electron chi connectivity index (χ3n) is 2.73. The average Bonchev–Trinajstić information content (AvgIpc) is 2.53. The Bertz CT molecular complexity index is 629. The van der Waals surface area contributed by atoms with Gasteiger partial charge in [0.2, 0.25) is 0 Å². The Kier molecular flexibility index (Phi) is 7.78. The van der Waals surface area contributed by atoms with Crippen LogP contribution in [0.3, 0.4) is 0 Å². The van der Waals surface area contributed by atoms with Crippen LogP contribution < -0.4 is 10.1 Å². The summed E-state index contributed by atoms with van der Waals surface area (Å²) in [5, 5.41) is 3.29. The average molecular weight is 342 g/mol. The van der Waals surface area contributed by atoms with Crippen LogP contribution in [0.1, 0.15) is 19.8 Å². The maximum absolute atomic E-state index is 9.75. The van der Waals surface area contributed by atoms with E-state index in [-0.39, 0.29) is 0 Å². The summed E-state index contributed by atoms with van der Waals surface area (Å²) in [7, 11) is -6.00. The molecule has 24 heavy (non-hydrogen) atoms. The van der Waals surface area contributed by atoms with Gasteiger partial charge in [0.05, 0.1) is 13.0 Å². The minimum absolute atomic E-state index is 0.632. The van der Waals surface area contributed by atoms with Gasteiger partial charge in [-0.25, -0.2) is 0 Å². The summed E-state index contributed by atoms with van der Waals surface area (Å²) in [6.45, 7) is 2.83. The molecule has 1 aromatic carbocycles. The highest BCUT2D eigenvalue weighted by Gasteiger charge is 2.20. The van der Waals surface area contributed by atoms with E-state index in [1.54, 1.807) is 6.08 Å². The van der Waals surface area contributed by atoms with Crippen LogP contribution in [-0.2, 0) is 0 Å². The normalized spacial score (nSPS) is 13.4. The van der Waals surface area contributed by atoms with E-state index in [0.29, 0.717) is 12.1 Å². The van der Waals surface area contributed by atoms with Crippen LogP contribution in [0.2, 0.25) is 0 Å². The summed E-state index contributed by atoms with van der Waals surface area (Å²) in [5.41, 5.74) is 11.3. The van der Waals surface area contributed by atoms with Gasteiger partial charge in [0.15, 0.2) is 0 Å². The third kappa shape index (κ3) is 8.80. The monoisotopic (exact) mass is 342 g/mol. The van der Waals surface area contributed by atoms with Crippen LogP contribution in [0.5, 0.6) is 5.75 Å². The lowest BCUT2D eigenvalue weighted by atomic mass is 10.1. The van der Waals surface area contributed by atoms with Crippen molar-refractivity contribution < 1.29 is 26.8 Å². The van der Waals surface area contributed by atoms with Crippen molar-refractivity contribution in [1.29, 1.82) is 0 Å². The van der Waals surface area contributed by atoms with Crippen molar-refractivity contribution in [2.24, 2.45) is 0 Å². The van der Waals surface area contributed by atoms with Gasteiger partial charge in [0, 0.05) is 17.5 Å². The van der Waals surface area contributed by atoms with Gasteiger partial charge in [-0.2, -0.15) is 4.79 Å². The molecule has 1 aromatic rings. The van der Waals surface area contributed by atoms with Gasteiger partial charge in [0.1, 0.15) is 5.75 Å². The Morgan fingerprint density at radius 1 is 1.17 bits per heavy atom. The summed E-state index contributed by atoms with van der Waals surface area (Å²) in [6.07, 6.45) is 7.30. The predicted molar refractivity (Wildman–Crippen MR) is 86.5 cm³/mol. The summed E-state index contributed by atoms with van der Waals surface area (Å²) in [6, 6.07) is 7.86. The van der Waals surface area contributed by atoms with Crippen molar-refractivity contribution in [3.05, 3.63) is 53.7 Å². The highest BCUT2D eigenvalue weighted by Crippen LogP contribution is 2.18. The van der Waals surface area contributed by atoms with Crippen LogP contribution >= 0.6 is 0 Å². The molecule has 9 heteroatoms. The molecule has 1 N–H and O–H groups in total. The number of nitrogens with zero attached hydrogens (tertiary/aromatic N) is 2. The minimum atomic E-state index is -6.00. The zero-order chi connectivity index (χ0) is 18.0. The van der Waals surface area contributed by atoms with E-state index >= 15 is 0 Å². The molecule has 0 unspecified atom stereocenters. The molecule has 2 rings (SSSR count). The maximum Gasteiger partial charge on any atom is 0.673 e. The lowest BCUT2D eigenvalue weighted by Crippen LogP contribution is -2.04. The van der Waals surface area contributed by atoms with Crippen LogP contribution in [0.4, 0.5) is 23.0 Å². The Labute approximate surface area is 137 Å². The minimum Gasteiger partial charge on any atom is -0.494 e. The van der Waals surface area contributed by atoms with Gasteiger partial charge < -0.3 is 32.8 Å². The molecule has 0 aromatic heterocycles. The molecule has 0 saturated heterocycles. The number of benzene rings is 1. The third-order valence-corrected chi connectivity index (χ3v) is 2.73. The number of allylic oxidation sites excluding steroid dienone is 3. The van der Waals surface area contributed by atoms with E-state index in [1.807, 2.05) is 36.4 Å². The second-order valence-corrected chi connectivity index (χ2v) is 4.78.